The molecule has 0 unspecified atom stereocenters. The lowest BCUT2D eigenvalue weighted by Gasteiger charge is -2.07. The van der Waals surface area contributed by atoms with E-state index in [1.807, 2.05) is 0 Å². The van der Waals surface area contributed by atoms with E-state index in [1.165, 1.54) is 12.1 Å². The summed E-state index contributed by atoms with van der Waals surface area (Å²) in [7, 11) is 0. The number of primary amides is 1. The Balaban J connectivity index is 1.52. The zero-order valence-corrected chi connectivity index (χ0v) is 13.0. The Morgan fingerprint density at radius 1 is 1.12 bits per heavy atom. The van der Waals surface area contributed by atoms with E-state index < -0.39 is 5.91 Å². The lowest BCUT2D eigenvalue weighted by molar-refractivity contribution is -0.118. The van der Waals surface area contributed by atoms with Gasteiger partial charge in [-0.15, -0.1) is 10.2 Å². The molecule has 3 N–H and O–H groups in total. The maximum Gasteiger partial charge on any atom is 0.262 e. The van der Waals surface area contributed by atoms with E-state index in [0.717, 1.165) is 0 Å². The van der Waals surface area contributed by atoms with Gasteiger partial charge in [0.1, 0.15) is 0 Å². The van der Waals surface area contributed by atoms with Gasteiger partial charge in [-0.2, -0.15) is 5.10 Å². The molecule has 2 heterocycles. The van der Waals surface area contributed by atoms with Crippen LogP contribution in [0.3, 0.4) is 0 Å². The molecule has 0 fully saturated rings. The molecule has 0 spiro atoms. The van der Waals surface area contributed by atoms with Crippen molar-refractivity contribution < 1.29 is 14.3 Å². The summed E-state index contributed by atoms with van der Waals surface area (Å²) in [5, 5.41) is 14.5. The molecule has 0 aliphatic rings. The number of carbonyl (C=O) groups is 2. The highest BCUT2D eigenvalue weighted by Gasteiger charge is 2.07. The molecule has 9 heteroatoms. The number of benzene rings is 1. The summed E-state index contributed by atoms with van der Waals surface area (Å²) in [6, 6.07) is 11.3. The van der Waals surface area contributed by atoms with Crippen LogP contribution in [0.25, 0.3) is 5.82 Å². The van der Waals surface area contributed by atoms with Crippen LogP contribution in [-0.4, -0.2) is 38.4 Å². The summed E-state index contributed by atoms with van der Waals surface area (Å²) in [6.45, 7) is -0.229. The lowest BCUT2D eigenvalue weighted by Crippen LogP contribution is -2.20. The third-order valence-electron chi connectivity index (χ3n) is 3.17. The van der Waals surface area contributed by atoms with Gasteiger partial charge in [-0.1, -0.05) is 0 Å². The van der Waals surface area contributed by atoms with Crippen molar-refractivity contribution in [3.05, 3.63) is 60.4 Å². The second kappa shape index (κ2) is 7.21. The minimum atomic E-state index is -0.529. The predicted octanol–water partition coefficient (Wildman–Crippen LogP) is 0.779. The van der Waals surface area contributed by atoms with Crippen molar-refractivity contribution in [2.45, 2.75) is 0 Å². The summed E-state index contributed by atoms with van der Waals surface area (Å²) >= 11 is 0. The van der Waals surface area contributed by atoms with Gasteiger partial charge in [0.15, 0.2) is 12.4 Å². The highest BCUT2D eigenvalue weighted by atomic mass is 16.5. The van der Waals surface area contributed by atoms with Crippen molar-refractivity contribution >= 4 is 17.5 Å². The summed E-state index contributed by atoms with van der Waals surface area (Å²) in [4.78, 5) is 22.9. The van der Waals surface area contributed by atoms with Crippen molar-refractivity contribution in [1.29, 1.82) is 0 Å². The molecule has 126 valence electrons. The number of hydrogen-bond acceptors (Lipinski definition) is 6. The Morgan fingerprint density at radius 2 is 1.92 bits per heavy atom. The first kappa shape index (κ1) is 16.1. The van der Waals surface area contributed by atoms with Crippen molar-refractivity contribution in [3.63, 3.8) is 0 Å². The monoisotopic (exact) mass is 338 g/mol. The highest BCUT2D eigenvalue weighted by Crippen LogP contribution is 2.10. The normalized spacial score (nSPS) is 10.2. The number of ether oxygens (including phenoxy) is 1. The van der Waals surface area contributed by atoms with Gasteiger partial charge in [0.25, 0.3) is 5.91 Å². The molecular formula is C16H14N6O3. The van der Waals surface area contributed by atoms with E-state index >= 15 is 0 Å². The maximum atomic E-state index is 11.9. The average Bonchev–Trinajstić information content (AvgIpc) is 3.15. The van der Waals surface area contributed by atoms with Gasteiger partial charge in [-0.3, -0.25) is 9.59 Å². The molecule has 0 saturated heterocycles. The molecule has 0 aliphatic carbocycles. The molecule has 3 rings (SSSR count). The molecule has 0 saturated carbocycles. The summed E-state index contributed by atoms with van der Waals surface area (Å²) in [5.74, 6) is -0.144. The Morgan fingerprint density at radius 3 is 2.52 bits per heavy atom. The van der Waals surface area contributed by atoms with Gasteiger partial charge in [0.2, 0.25) is 11.8 Å². The second-order valence-electron chi connectivity index (χ2n) is 4.96. The highest BCUT2D eigenvalue weighted by molar-refractivity contribution is 5.95. The quantitative estimate of drug-likeness (QED) is 0.684. The Hall–Kier alpha value is -3.75. The third kappa shape index (κ3) is 4.16. The van der Waals surface area contributed by atoms with E-state index in [-0.39, 0.29) is 18.4 Å². The second-order valence-corrected chi connectivity index (χ2v) is 4.96. The van der Waals surface area contributed by atoms with Crippen molar-refractivity contribution in [2.75, 3.05) is 11.9 Å². The fourth-order valence-electron chi connectivity index (χ4n) is 1.97. The Kier molecular flexibility index (Phi) is 4.65. The van der Waals surface area contributed by atoms with Gasteiger partial charge >= 0.3 is 0 Å². The van der Waals surface area contributed by atoms with Crippen molar-refractivity contribution in [3.8, 4) is 11.7 Å². The fourth-order valence-corrected chi connectivity index (χ4v) is 1.97. The van der Waals surface area contributed by atoms with Gasteiger partial charge in [0.05, 0.1) is 0 Å². The molecule has 3 aromatic rings. The number of nitrogens with zero attached hydrogens (tertiary/aromatic N) is 4. The van der Waals surface area contributed by atoms with Crippen LogP contribution in [-0.2, 0) is 4.79 Å². The molecular weight excluding hydrogens is 324 g/mol. The smallest absolute Gasteiger partial charge is 0.262 e. The molecule has 0 bridgehead atoms. The molecule has 25 heavy (non-hydrogen) atoms. The summed E-state index contributed by atoms with van der Waals surface area (Å²) in [5.41, 5.74) is 6.04. The predicted molar refractivity (Wildman–Crippen MR) is 88.2 cm³/mol. The van der Waals surface area contributed by atoms with Crippen LogP contribution < -0.4 is 15.8 Å². The van der Waals surface area contributed by atoms with Gasteiger partial charge in [-0.05, 0) is 36.4 Å². The average molecular weight is 338 g/mol. The maximum absolute atomic E-state index is 11.9. The third-order valence-corrected chi connectivity index (χ3v) is 3.17. The number of rotatable bonds is 6. The number of amides is 2. The molecule has 0 radical (unpaired) electrons. The molecule has 2 aromatic heterocycles. The largest absolute Gasteiger partial charge is 0.466 e. The standard InChI is InChI=1S/C16H14N6O3/c17-16(24)11-2-4-12(5-3-11)19-14(23)10-25-15-7-6-13(20-21-15)22-9-1-8-18-22/h1-9H,10H2,(H2,17,24)(H,19,23). The number of hydrogen-bond donors (Lipinski definition) is 2. The van der Waals surface area contributed by atoms with Crippen LogP contribution >= 0.6 is 0 Å². The minimum absolute atomic E-state index is 0.218. The summed E-state index contributed by atoms with van der Waals surface area (Å²) < 4.78 is 6.84. The lowest BCUT2D eigenvalue weighted by atomic mass is 10.2. The number of anilines is 1. The Labute approximate surface area is 142 Å². The van der Waals surface area contributed by atoms with Gasteiger partial charge in [0, 0.05) is 29.7 Å². The van der Waals surface area contributed by atoms with E-state index in [0.29, 0.717) is 17.1 Å². The molecule has 0 atom stereocenters. The van der Waals surface area contributed by atoms with Crippen LogP contribution in [0.15, 0.2) is 54.9 Å². The van der Waals surface area contributed by atoms with E-state index in [2.05, 4.69) is 20.6 Å². The molecule has 2 amide bonds. The fraction of sp³-hybridized carbons (Fsp3) is 0.0625. The summed E-state index contributed by atoms with van der Waals surface area (Å²) in [6.07, 6.45) is 3.37. The Bertz CT molecular complexity index is 860. The number of nitrogens with one attached hydrogen (secondary N) is 1. The first-order valence-electron chi connectivity index (χ1n) is 7.28. The van der Waals surface area contributed by atoms with Crippen LogP contribution in [0.2, 0.25) is 0 Å². The number of carbonyl (C=O) groups excluding carboxylic acids is 2. The van der Waals surface area contributed by atoms with Crippen molar-refractivity contribution in [1.82, 2.24) is 20.0 Å². The van der Waals surface area contributed by atoms with Crippen LogP contribution in [0, 0.1) is 0 Å². The first-order chi connectivity index (χ1) is 12.1. The van der Waals surface area contributed by atoms with Gasteiger partial charge < -0.3 is 15.8 Å². The molecule has 0 aliphatic heterocycles. The molecule has 1 aromatic carbocycles. The van der Waals surface area contributed by atoms with E-state index in [4.69, 9.17) is 10.5 Å². The van der Waals surface area contributed by atoms with E-state index in [1.54, 1.807) is 47.4 Å². The van der Waals surface area contributed by atoms with Crippen molar-refractivity contribution in [2.24, 2.45) is 5.73 Å². The van der Waals surface area contributed by atoms with Crippen LogP contribution in [0.4, 0.5) is 5.69 Å². The van der Waals surface area contributed by atoms with Crippen LogP contribution in [0.5, 0.6) is 5.88 Å². The first-order valence-corrected chi connectivity index (χ1v) is 7.28. The van der Waals surface area contributed by atoms with Gasteiger partial charge in [-0.25, -0.2) is 4.68 Å². The molecule has 9 nitrogen and oxygen atoms in total. The number of nitrogens with two attached hydrogens (primary N) is 1. The van der Waals surface area contributed by atoms with E-state index in [9.17, 15) is 9.59 Å². The SMILES string of the molecule is NC(=O)c1ccc(NC(=O)COc2ccc(-n3cccn3)nn2)cc1. The zero-order chi connectivity index (χ0) is 17.6. The zero-order valence-electron chi connectivity index (χ0n) is 13.0. The van der Waals surface area contributed by atoms with Crippen LogP contribution in [0.1, 0.15) is 10.4 Å². The minimum Gasteiger partial charge on any atom is -0.466 e. The number of aromatic nitrogens is 4. The topological polar surface area (TPSA) is 125 Å².